The monoisotopic (exact) mass is 573 g/mol. The summed E-state index contributed by atoms with van der Waals surface area (Å²) in [5, 5.41) is 0. The minimum Gasteiger partial charge on any atom is -0.307 e. The molecule has 0 aliphatic heterocycles. The molecule has 36 heavy (non-hydrogen) atoms. The molecule has 0 saturated heterocycles. The molecule has 0 bridgehead atoms. The molecule has 0 rings (SSSR count). The Balaban J connectivity index is 0. The Morgan fingerprint density at radius 2 is 0.611 bits per heavy atom. The zero-order chi connectivity index (χ0) is 26.2. The predicted octanol–water partition coefficient (Wildman–Crippen LogP) is 9.39. The van der Waals surface area contributed by atoms with Crippen LogP contribution in [0.2, 0.25) is 0 Å². The third-order valence-electron chi connectivity index (χ3n) is 7.34. The molecule has 0 aliphatic rings. The highest BCUT2D eigenvalue weighted by Crippen LogP contribution is 2.21. The molecule has 5 heteroatoms. The topological polar surface area (TPSA) is 77.2 Å². The maximum absolute atomic E-state index is 13.1. The Morgan fingerprint density at radius 1 is 0.417 bits per heavy atom. The van der Waals surface area contributed by atoms with Gasteiger partial charge in [-0.3, -0.25) is 14.4 Å². The molecule has 214 valence electrons. The molecule has 0 spiro atoms. The smallest absolute Gasteiger partial charge is 0.193 e. The van der Waals surface area contributed by atoms with Gasteiger partial charge in [0.1, 0.15) is 0 Å². The number of halogens is 1. The van der Waals surface area contributed by atoms with Crippen LogP contribution in [-0.2, 0) is 14.4 Å². The van der Waals surface area contributed by atoms with Crippen molar-refractivity contribution in [3.8, 4) is 0 Å². The number of hydrogen-bond donors (Lipinski definition) is 1. The minimum atomic E-state index is -1.91. The van der Waals surface area contributed by atoms with E-state index in [4.69, 9.17) is 5.73 Å². The first-order valence-corrected chi connectivity index (χ1v) is 15.3. The third-order valence-corrected chi connectivity index (χ3v) is 7.34. The predicted molar refractivity (Wildman–Crippen MR) is 160 cm³/mol. The Hall–Kier alpha value is -0.550. The van der Waals surface area contributed by atoms with Crippen molar-refractivity contribution in [1.82, 2.24) is 0 Å². The number of hydrogen-bond acceptors (Lipinski definition) is 4. The third kappa shape index (κ3) is 17.8. The fraction of sp³-hybridized carbons (Fsp3) is 0.903. The van der Waals surface area contributed by atoms with Crippen LogP contribution in [0.15, 0.2) is 0 Å². The summed E-state index contributed by atoms with van der Waals surface area (Å²) in [6, 6.07) is 0. The molecular formula is C31H60BrNO3. The SMILES string of the molecule is Br.CCCCCCCCCC(=O)C(N)(C(=O)CCCCCCCCC)C(=O)CCCCCCCCC. The zero-order valence-electron chi connectivity index (χ0n) is 24.2. The molecule has 0 fully saturated rings. The van der Waals surface area contributed by atoms with E-state index in [2.05, 4.69) is 20.8 Å². The minimum absolute atomic E-state index is 0. The first-order valence-electron chi connectivity index (χ1n) is 15.3. The summed E-state index contributed by atoms with van der Waals surface area (Å²) in [7, 11) is 0. The molecule has 0 aromatic rings. The van der Waals surface area contributed by atoms with Gasteiger partial charge in [-0.2, -0.15) is 0 Å². The highest BCUT2D eigenvalue weighted by Gasteiger charge is 2.46. The summed E-state index contributed by atoms with van der Waals surface area (Å²) in [5.74, 6) is -1.02. The van der Waals surface area contributed by atoms with Crippen LogP contribution in [0.4, 0.5) is 0 Å². The van der Waals surface area contributed by atoms with Gasteiger partial charge in [0.15, 0.2) is 22.9 Å². The van der Waals surface area contributed by atoms with Crippen molar-refractivity contribution in [1.29, 1.82) is 0 Å². The van der Waals surface area contributed by atoms with Crippen molar-refractivity contribution in [2.75, 3.05) is 0 Å². The van der Waals surface area contributed by atoms with Gasteiger partial charge in [-0.25, -0.2) is 0 Å². The average molecular weight is 575 g/mol. The normalized spacial score (nSPS) is 11.3. The van der Waals surface area contributed by atoms with Crippen LogP contribution in [0.1, 0.15) is 175 Å². The van der Waals surface area contributed by atoms with E-state index in [-0.39, 0.29) is 53.6 Å². The van der Waals surface area contributed by atoms with Gasteiger partial charge < -0.3 is 5.73 Å². The quantitative estimate of drug-likeness (QED) is 0.0783. The van der Waals surface area contributed by atoms with E-state index in [1.165, 1.54) is 77.0 Å². The lowest BCUT2D eigenvalue weighted by molar-refractivity contribution is -0.142. The molecule has 0 saturated carbocycles. The lowest BCUT2D eigenvalue weighted by Gasteiger charge is -2.25. The van der Waals surface area contributed by atoms with Gasteiger partial charge in [0, 0.05) is 19.3 Å². The second-order valence-corrected chi connectivity index (χ2v) is 10.7. The molecule has 2 N–H and O–H groups in total. The van der Waals surface area contributed by atoms with Crippen molar-refractivity contribution in [2.45, 2.75) is 180 Å². The van der Waals surface area contributed by atoms with E-state index >= 15 is 0 Å². The van der Waals surface area contributed by atoms with E-state index in [1.807, 2.05) is 0 Å². The summed E-state index contributed by atoms with van der Waals surface area (Å²) >= 11 is 0. The van der Waals surface area contributed by atoms with Gasteiger partial charge >= 0.3 is 0 Å². The van der Waals surface area contributed by atoms with E-state index in [9.17, 15) is 14.4 Å². The summed E-state index contributed by atoms with van der Waals surface area (Å²) in [5.41, 5.74) is 4.51. The van der Waals surface area contributed by atoms with Gasteiger partial charge in [0.25, 0.3) is 0 Å². The number of Topliss-reactive ketones (excluding diaryl/α,β-unsaturated/α-hetero) is 3. The number of unbranched alkanes of at least 4 members (excludes halogenated alkanes) is 18. The van der Waals surface area contributed by atoms with E-state index in [0.29, 0.717) is 0 Å². The maximum atomic E-state index is 13.1. The van der Waals surface area contributed by atoms with Crippen molar-refractivity contribution in [3.63, 3.8) is 0 Å². The first kappa shape index (κ1) is 37.6. The highest BCUT2D eigenvalue weighted by molar-refractivity contribution is 8.93. The molecular weight excluding hydrogens is 514 g/mol. The first-order chi connectivity index (χ1) is 16.9. The molecule has 0 radical (unpaired) electrons. The second kappa shape index (κ2) is 26.1. The molecule has 0 unspecified atom stereocenters. The number of nitrogens with two attached hydrogens (primary N) is 1. The van der Waals surface area contributed by atoms with Crippen molar-refractivity contribution in [2.24, 2.45) is 5.73 Å². The molecule has 0 aromatic heterocycles. The van der Waals surface area contributed by atoms with Gasteiger partial charge in [-0.05, 0) is 19.3 Å². The lowest BCUT2D eigenvalue weighted by atomic mass is 9.79. The lowest BCUT2D eigenvalue weighted by Crippen LogP contribution is -2.61. The maximum Gasteiger partial charge on any atom is 0.193 e. The van der Waals surface area contributed by atoms with E-state index in [0.717, 1.165) is 57.8 Å². The summed E-state index contributed by atoms with van der Waals surface area (Å²) in [4.78, 5) is 39.4. The fourth-order valence-electron chi connectivity index (χ4n) is 4.79. The van der Waals surface area contributed by atoms with E-state index < -0.39 is 5.54 Å². The van der Waals surface area contributed by atoms with Crippen LogP contribution in [0.25, 0.3) is 0 Å². The summed E-state index contributed by atoms with van der Waals surface area (Å²) < 4.78 is 0. The molecule has 4 nitrogen and oxygen atoms in total. The molecule has 0 heterocycles. The van der Waals surface area contributed by atoms with Crippen molar-refractivity contribution < 1.29 is 14.4 Å². The summed E-state index contributed by atoms with van der Waals surface area (Å²) in [6.45, 7) is 6.60. The van der Waals surface area contributed by atoms with Crippen LogP contribution >= 0.6 is 17.0 Å². The molecule has 0 amide bonds. The van der Waals surface area contributed by atoms with Gasteiger partial charge in [0.05, 0.1) is 0 Å². The van der Waals surface area contributed by atoms with Crippen LogP contribution < -0.4 is 5.73 Å². The van der Waals surface area contributed by atoms with Crippen LogP contribution in [-0.4, -0.2) is 22.9 Å². The Bertz CT molecular complexity index is 476. The Kier molecular flexibility index (Phi) is 27.2. The van der Waals surface area contributed by atoms with Gasteiger partial charge in [-0.15, -0.1) is 17.0 Å². The molecule has 0 atom stereocenters. The highest BCUT2D eigenvalue weighted by atomic mass is 79.9. The molecule has 0 aliphatic carbocycles. The van der Waals surface area contributed by atoms with Crippen LogP contribution in [0, 0.1) is 0 Å². The van der Waals surface area contributed by atoms with Crippen molar-refractivity contribution >= 4 is 34.3 Å². The zero-order valence-corrected chi connectivity index (χ0v) is 25.9. The largest absolute Gasteiger partial charge is 0.307 e. The van der Waals surface area contributed by atoms with Crippen LogP contribution in [0.5, 0.6) is 0 Å². The number of rotatable bonds is 27. The molecule has 0 aromatic carbocycles. The van der Waals surface area contributed by atoms with E-state index in [1.54, 1.807) is 0 Å². The Morgan fingerprint density at radius 3 is 0.833 bits per heavy atom. The average Bonchev–Trinajstić information content (AvgIpc) is 2.86. The number of ketones is 3. The fourth-order valence-corrected chi connectivity index (χ4v) is 4.79. The van der Waals surface area contributed by atoms with Gasteiger partial charge in [0.2, 0.25) is 0 Å². The standard InChI is InChI=1S/C31H59NO3.BrH/c1-4-7-10-13-16-19-22-25-28(33)31(32,29(34)26-23-20-17-14-11-8-5-2)30(35)27-24-21-18-15-12-9-6-3;/h4-27,32H2,1-3H3;1H. The number of carbonyl (C=O) groups is 3. The second-order valence-electron chi connectivity index (χ2n) is 10.7. The van der Waals surface area contributed by atoms with Crippen LogP contribution in [0.3, 0.4) is 0 Å². The van der Waals surface area contributed by atoms with Gasteiger partial charge in [-0.1, -0.05) is 136 Å². The summed E-state index contributed by atoms with van der Waals surface area (Å²) in [6.07, 6.45) is 23.8. The van der Waals surface area contributed by atoms with Crippen molar-refractivity contribution in [3.05, 3.63) is 0 Å². The Labute approximate surface area is 234 Å². The number of carbonyl (C=O) groups excluding carboxylic acids is 3.